The molecule has 2 aromatic carbocycles. The number of amides is 2. The molecule has 6 nitrogen and oxygen atoms in total. The Morgan fingerprint density at radius 3 is 2.55 bits per heavy atom. The molecule has 0 saturated heterocycles. The van der Waals surface area contributed by atoms with Gasteiger partial charge in [-0.25, -0.2) is 0 Å². The van der Waals surface area contributed by atoms with Crippen LogP contribution in [0, 0.1) is 0 Å². The first-order chi connectivity index (χ1) is 13.6. The van der Waals surface area contributed by atoms with Gasteiger partial charge in [0.05, 0.1) is 24.9 Å². The highest BCUT2D eigenvalue weighted by molar-refractivity contribution is 6.31. The van der Waals surface area contributed by atoms with Crippen molar-refractivity contribution in [2.24, 2.45) is 0 Å². The summed E-state index contributed by atoms with van der Waals surface area (Å²) in [6, 6.07) is 8.85. The molecule has 0 aliphatic heterocycles. The summed E-state index contributed by atoms with van der Waals surface area (Å²) in [5, 5.41) is 2.97. The fourth-order valence-corrected chi connectivity index (χ4v) is 2.46. The Labute approximate surface area is 170 Å². The van der Waals surface area contributed by atoms with Crippen LogP contribution in [0.3, 0.4) is 0 Å². The molecule has 156 valence electrons. The predicted octanol–water partition coefficient (Wildman–Crippen LogP) is 3.84. The maximum Gasteiger partial charge on any atom is 0.416 e. The Morgan fingerprint density at radius 2 is 1.90 bits per heavy atom. The smallest absolute Gasteiger partial charge is 0.416 e. The van der Waals surface area contributed by atoms with Crippen LogP contribution in [-0.4, -0.2) is 44.0 Å². The molecular formula is C19H18ClF3N2O4. The van der Waals surface area contributed by atoms with Crippen molar-refractivity contribution >= 4 is 29.1 Å². The van der Waals surface area contributed by atoms with Crippen molar-refractivity contribution in [2.75, 3.05) is 32.6 Å². The Morgan fingerprint density at radius 1 is 1.17 bits per heavy atom. The zero-order chi connectivity index (χ0) is 21.6. The summed E-state index contributed by atoms with van der Waals surface area (Å²) < 4.78 is 48.3. The SMILES string of the molecule is COc1ccc(Cl)cc1NC(=O)CN(C)C(=O)COc1cccc(C(F)(F)F)c1. The Kier molecular flexibility index (Phi) is 7.33. The number of likely N-dealkylation sites (N-methyl/N-ethyl adjacent to an activating group) is 1. The third-order valence-electron chi connectivity index (χ3n) is 3.77. The molecule has 0 radical (unpaired) electrons. The van der Waals surface area contributed by atoms with E-state index in [4.69, 9.17) is 21.1 Å². The van der Waals surface area contributed by atoms with E-state index >= 15 is 0 Å². The minimum absolute atomic E-state index is 0.102. The monoisotopic (exact) mass is 430 g/mol. The van der Waals surface area contributed by atoms with Gasteiger partial charge in [0.1, 0.15) is 11.5 Å². The molecule has 2 rings (SSSR count). The van der Waals surface area contributed by atoms with E-state index < -0.39 is 30.2 Å². The minimum Gasteiger partial charge on any atom is -0.495 e. The van der Waals surface area contributed by atoms with Crippen LogP contribution >= 0.6 is 11.6 Å². The highest BCUT2D eigenvalue weighted by Gasteiger charge is 2.30. The van der Waals surface area contributed by atoms with Gasteiger partial charge in [0.2, 0.25) is 5.91 Å². The van der Waals surface area contributed by atoms with Crippen molar-refractivity contribution in [1.82, 2.24) is 4.90 Å². The number of hydrogen-bond acceptors (Lipinski definition) is 4. The first-order valence-corrected chi connectivity index (χ1v) is 8.65. The number of rotatable bonds is 7. The number of halogens is 4. The number of hydrogen-bond donors (Lipinski definition) is 1. The molecule has 0 unspecified atom stereocenters. The lowest BCUT2D eigenvalue weighted by molar-refractivity contribution is -0.137. The third-order valence-corrected chi connectivity index (χ3v) is 4.00. The van der Waals surface area contributed by atoms with E-state index in [1.807, 2.05) is 0 Å². The fourth-order valence-electron chi connectivity index (χ4n) is 2.29. The summed E-state index contributed by atoms with van der Waals surface area (Å²) in [6.45, 7) is -0.827. The lowest BCUT2D eigenvalue weighted by Gasteiger charge is -2.18. The first-order valence-electron chi connectivity index (χ1n) is 8.27. The lowest BCUT2D eigenvalue weighted by atomic mass is 10.2. The normalized spacial score (nSPS) is 11.0. The number of carbonyl (C=O) groups excluding carboxylic acids is 2. The van der Waals surface area contributed by atoms with Gasteiger partial charge in [-0.05, 0) is 36.4 Å². The molecule has 0 saturated carbocycles. The van der Waals surface area contributed by atoms with E-state index in [9.17, 15) is 22.8 Å². The van der Waals surface area contributed by atoms with Crippen LogP contribution in [0.15, 0.2) is 42.5 Å². The van der Waals surface area contributed by atoms with Crippen LogP contribution in [0.1, 0.15) is 5.56 Å². The second kappa shape index (κ2) is 9.51. The molecule has 29 heavy (non-hydrogen) atoms. The standard InChI is InChI=1S/C19H18ClF3N2O4/c1-25(10-17(26)24-15-9-13(20)6-7-16(15)28-2)18(27)11-29-14-5-3-4-12(8-14)19(21,22)23/h3-9H,10-11H2,1-2H3,(H,24,26). The molecule has 2 aromatic rings. The van der Waals surface area contributed by atoms with Crippen molar-refractivity contribution in [3.8, 4) is 11.5 Å². The summed E-state index contributed by atoms with van der Waals surface area (Å²) in [5.41, 5.74) is -0.545. The third kappa shape index (κ3) is 6.56. The fraction of sp³-hybridized carbons (Fsp3) is 0.263. The molecule has 0 heterocycles. The lowest BCUT2D eigenvalue weighted by Crippen LogP contribution is -2.37. The number of benzene rings is 2. The van der Waals surface area contributed by atoms with Gasteiger partial charge in [0, 0.05) is 12.1 Å². The minimum atomic E-state index is -4.51. The Bertz CT molecular complexity index is 890. The average Bonchev–Trinajstić information content (AvgIpc) is 2.65. The first kappa shape index (κ1) is 22.4. The molecule has 2 amide bonds. The predicted molar refractivity (Wildman–Crippen MR) is 101 cm³/mol. The molecule has 0 spiro atoms. The van der Waals surface area contributed by atoms with Crippen LogP contribution in [0.5, 0.6) is 11.5 Å². The number of anilines is 1. The van der Waals surface area contributed by atoms with E-state index in [0.717, 1.165) is 17.0 Å². The zero-order valence-electron chi connectivity index (χ0n) is 15.5. The molecule has 10 heteroatoms. The number of carbonyl (C=O) groups is 2. The zero-order valence-corrected chi connectivity index (χ0v) is 16.3. The molecule has 0 fully saturated rings. The largest absolute Gasteiger partial charge is 0.495 e. The van der Waals surface area contributed by atoms with Gasteiger partial charge in [0.25, 0.3) is 5.91 Å². The summed E-state index contributed by atoms with van der Waals surface area (Å²) in [4.78, 5) is 25.4. The van der Waals surface area contributed by atoms with Crippen molar-refractivity contribution < 1.29 is 32.2 Å². The van der Waals surface area contributed by atoms with E-state index in [1.54, 1.807) is 12.1 Å². The van der Waals surface area contributed by atoms with Crippen LogP contribution in [-0.2, 0) is 15.8 Å². The number of nitrogens with zero attached hydrogens (tertiary/aromatic N) is 1. The van der Waals surface area contributed by atoms with Crippen LogP contribution in [0.25, 0.3) is 0 Å². The van der Waals surface area contributed by atoms with Crippen LogP contribution in [0.4, 0.5) is 18.9 Å². The number of ether oxygens (including phenoxy) is 2. The summed E-state index contributed by atoms with van der Waals surface area (Å²) in [7, 11) is 2.80. The molecule has 0 bridgehead atoms. The van der Waals surface area contributed by atoms with Crippen molar-refractivity contribution in [3.63, 3.8) is 0 Å². The number of methoxy groups -OCH3 is 1. The van der Waals surface area contributed by atoms with Gasteiger partial charge in [-0.15, -0.1) is 0 Å². The van der Waals surface area contributed by atoms with Gasteiger partial charge in [-0.3, -0.25) is 9.59 Å². The summed E-state index contributed by atoms with van der Waals surface area (Å²) in [6.07, 6.45) is -4.51. The van der Waals surface area contributed by atoms with Crippen LogP contribution in [0.2, 0.25) is 5.02 Å². The Balaban J connectivity index is 1.91. The molecule has 0 aliphatic rings. The molecule has 0 aliphatic carbocycles. The van der Waals surface area contributed by atoms with Gasteiger partial charge < -0.3 is 19.7 Å². The highest BCUT2D eigenvalue weighted by Crippen LogP contribution is 2.31. The van der Waals surface area contributed by atoms with E-state index in [0.29, 0.717) is 16.5 Å². The van der Waals surface area contributed by atoms with E-state index in [1.165, 1.54) is 32.4 Å². The molecule has 0 atom stereocenters. The van der Waals surface area contributed by atoms with Crippen molar-refractivity contribution in [1.29, 1.82) is 0 Å². The Hall–Kier alpha value is -2.94. The van der Waals surface area contributed by atoms with Crippen molar-refractivity contribution in [2.45, 2.75) is 6.18 Å². The maximum atomic E-state index is 12.7. The van der Waals surface area contributed by atoms with E-state index in [-0.39, 0.29) is 12.3 Å². The second-order valence-electron chi connectivity index (χ2n) is 5.96. The van der Waals surface area contributed by atoms with Gasteiger partial charge >= 0.3 is 6.18 Å². The second-order valence-corrected chi connectivity index (χ2v) is 6.39. The molecular weight excluding hydrogens is 413 g/mol. The maximum absolute atomic E-state index is 12.7. The topological polar surface area (TPSA) is 67.9 Å². The summed E-state index contributed by atoms with van der Waals surface area (Å²) >= 11 is 5.89. The molecule has 0 aromatic heterocycles. The molecule has 1 N–H and O–H groups in total. The average molecular weight is 431 g/mol. The van der Waals surface area contributed by atoms with E-state index in [2.05, 4.69) is 5.32 Å². The summed E-state index contributed by atoms with van der Waals surface area (Å²) in [5.74, 6) is -0.810. The highest BCUT2D eigenvalue weighted by atomic mass is 35.5. The van der Waals surface area contributed by atoms with Gasteiger partial charge in [-0.2, -0.15) is 13.2 Å². The van der Waals surface area contributed by atoms with Crippen molar-refractivity contribution in [3.05, 3.63) is 53.1 Å². The van der Waals surface area contributed by atoms with Crippen LogP contribution < -0.4 is 14.8 Å². The number of alkyl halides is 3. The van der Waals surface area contributed by atoms with Gasteiger partial charge in [-0.1, -0.05) is 17.7 Å². The van der Waals surface area contributed by atoms with Gasteiger partial charge in [0.15, 0.2) is 6.61 Å². The quantitative estimate of drug-likeness (QED) is 0.724. The number of nitrogens with one attached hydrogen (secondary N) is 1.